The molecule has 0 unspecified atom stereocenters. The van der Waals surface area contributed by atoms with Gasteiger partial charge in [0.15, 0.2) is 0 Å². The molecule has 5 rings (SSSR count). The second-order valence-electron chi connectivity index (χ2n) is 11.3. The lowest BCUT2D eigenvalue weighted by atomic mass is 9.76. The summed E-state index contributed by atoms with van der Waals surface area (Å²) >= 11 is 6.30. The Balaban J connectivity index is 1.47. The summed E-state index contributed by atoms with van der Waals surface area (Å²) in [4.78, 5) is 49.3. The number of nitrogens with one attached hydrogen (secondary N) is 1. The van der Waals surface area contributed by atoms with Crippen molar-refractivity contribution in [2.75, 3.05) is 14.1 Å². The number of amides is 3. The van der Waals surface area contributed by atoms with Crippen LogP contribution in [0.2, 0.25) is 5.02 Å². The van der Waals surface area contributed by atoms with Gasteiger partial charge < -0.3 is 14.9 Å². The van der Waals surface area contributed by atoms with Gasteiger partial charge in [0, 0.05) is 30.2 Å². The lowest BCUT2D eigenvalue weighted by Crippen LogP contribution is -2.55. The molecule has 3 aromatic carbocycles. The Hall–Kier alpha value is -3.72. The van der Waals surface area contributed by atoms with Gasteiger partial charge in [0.25, 0.3) is 17.7 Å². The second kappa shape index (κ2) is 12.7. The van der Waals surface area contributed by atoms with Crippen molar-refractivity contribution < 1.29 is 24.3 Å². The third-order valence-electron chi connectivity index (χ3n) is 8.28. The zero-order chi connectivity index (χ0) is 30.0. The van der Waals surface area contributed by atoms with Crippen LogP contribution in [-0.2, 0) is 16.2 Å². The van der Waals surface area contributed by atoms with Crippen molar-refractivity contribution in [3.63, 3.8) is 0 Å². The smallest absolute Gasteiger partial charge is 0.255 e. The molecule has 0 saturated heterocycles. The van der Waals surface area contributed by atoms with E-state index < -0.39 is 30.0 Å². The Bertz CT molecular complexity index is 1470. The van der Waals surface area contributed by atoms with E-state index in [1.165, 1.54) is 4.90 Å². The van der Waals surface area contributed by atoms with E-state index in [2.05, 4.69) is 5.48 Å². The number of aliphatic hydroxyl groups is 1. The van der Waals surface area contributed by atoms with Crippen molar-refractivity contribution in [3.8, 4) is 0 Å². The molecule has 4 atom stereocenters. The Labute approximate surface area is 251 Å². The van der Waals surface area contributed by atoms with Gasteiger partial charge in [-0.1, -0.05) is 60.8 Å². The molecule has 42 heavy (non-hydrogen) atoms. The Morgan fingerprint density at radius 2 is 1.74 bits per heavy atom. The molecule has 1 aliphatic heterocycles. The summed E-state index contributed by atoms with van der Waals surface area (Å²) < 4.78 is 0. The molecule has 2 N–H and O–H groups in total. The van der Waals surface area contributed by atoms with E-state index in [-0.39, 0.29) is 18.4 Å². The summed E-state index contributed by atoms with van der Waals surface area (Å²) in [7, 11) is 3.39. The van der Waals surface area contributed by atoms with Crippen LogP contribution >= 0.6 is 11.6 Å². The molecule has 8 nitrogen and oxygen atoms in total. The first-order valence-corrected chi connectivity index (χ1v) is 14.6. The predicted octanol–water partition coefficient (Wildman–Crippen LogP) is 5.18. The van der Waals surface area contributed by atoms with Gasteiger partial charge >= 0.3 is 0 Å². The molecule has 0 aromatic heterocycles. The number of aryl methyl sites for hydroxylation is 1. The Morgan fingerprint density at radius 3 is 2.43 bits per heavy atom. The topological polar surface area (TPSA) is 99.2 Å². The average molecular weight is 590 g/mol. The van der Waals surface area contributed by atoms with Crippen molar-refractivity contribution in [2.45, 2.75) is 63.3 Å². The van der Waals surface area contributed by atoms with Gasteiger partial charge in [-0.2, -0.15) is 0 Å². The van der Waals surface area contributed by atoms with Gasteiger partial charge in [-0.05, 0) is 72.4 Å². The maximum absolute atomic E-state index is 14.1. The molecular formula is C33H36ClN3O5. The summed E-state index contributed by atoms with van der Waals surface area (Å²) in [5.74, 6) is -1.50. The van der Waals surface area contributed by atoms with Crippen LogP contribution in [0.4, 0.5) is 0 Å². The van der Waals surface area contributed by atoms with E-state index in [9.17, 15) is 19.5 Å². The normalized spacial score (nSPS) is 21.9. The van der Waals surface area contributed by atoms with E-state index in [0.29, 0.717) is 34.6 Å². The van der Waals surface area contributed by atoms with E-state index in [4.69, 9.17) is 16.4 Å². The van der Waals surface area contributed by atoms with Gasteiger partial charge in [0.05, 0.1) is 30.7 Å². The minimum absolute atomic E-state index is 0.0885. The average Bonchev–Trinajstić information content (AvgIpc) is 2.97. The molecule has 1 aliphatic carbocycles. The fourth-order valence-corrected chi connectivity index (χ4v) is 6.40. The first kappa shape index (κ1) is 29.8. The minimum Gasteiger partial charge on any atom is -0.391 e. The molecular weight excluding hydrogens is 554 g/mol. The highest BCUT2D eigenvalue weighted by atomic mass is 35.5. The van der Waals surface area contributed by atoms with E-state index >= 15 is 0 Å². The highest BCUT2D eigenvalue weighted by Gasteiger charge is 2.48. The molecule has 0 bridgehead atoms. The lowest BCUT2D eigenvalue weighted by molar-refractivity contribution is -0.138. The third kappa shape index (κ3) is 5.93. The number of carbonyl (C=O) groups excluding carboxylic acids is 3. The molecule has 0 spiro atoms. The van der Waals surface area contributed by atoms with Gasteiger partial charge in [-0.25, -0.2) is 5.48 Å². The second-order valence-corrected chi connectivity index (χ2v) is 11.7. The van der Waals surface area contributed by atoms with Crippen LogP contribution in [0.3, 0.4) is 0 Å². The fourth-order valence-electron chi connectivity index (χ4n) is 6.17. The predicted molar refractivity (Wildman–Crippen MR) is 160 cm³/mol. The van der Waals surface area contributed by atoms with Crippen molar-refractivity contribution in [3.05, 3.63) is 105 Å². The van der Waals surface area contributed by atoms with Crippen LogP contribution < -0.4 is 5.48 Å². The number of benzene rings is 3. The molecule has 220 valence electrons. The lowest BCUT2D eigenvalue weighted by Gasteiger charge is -2.48. The van der Waals surface area contributed by atoms with Gasteiger partial charge in [0.2, 0.25) is 0 Å². The maximum Gasteiger partial charge on any atom is 0.255 e. The minimum atomic E-state index is -0.798. The third-order valence-corrected chi connectivity index (χ3v) is 8.51. The quantitative estimate of drug-likeness (QED) is 0.370. The number of hydrogen-bond donors (Lipinski definition) is 2. The largest absolute Gasteiger partial charge is 0.391 e. The highest BCUT2D eigenvalue weighted by Crippen LogP contribution is 2.46. The standard InChI is InChI=1S/C33H36ClN3O5/c1-20-18-23(34)16-17-24(20)30-29(31(39)35-42-19-21-12-14-22(15-13-21)32(40)36(2)3)25-8-4-5-9-26(25)33(41)37(30)27-10-6-7-11-28(27)38/h4-5,8-9,12-18,27-30,38H,6-7,10-11,19H2,1-3H3,(H,35,39)/t27-,28-,29+,30-/m0/s1. The number of nitrogens with zero attached hydrogens (tertiary/aromatic N) is 2. The monoisotopic (exact) mass is 589 g/mol. The van der Waals surface area contributed by atoms with Crippen LogP contribution in [0.25, 0.3) is 0 Å². The molecule has 3 aromatic rings. The van der Waals surface area contributed by atoms with Gasteiger partial charge in [-0.3, -0.25) is 19.2 Å². The summed E-state index contributed by atoms with van der Waals surface area (Å²) in [6.45, 7) is 2.00. The zero-order valence-electron chi connectivity index (χ0n) is 24.0. The van der Waals surface area contributed by atoms with Gasteiger partial charge in [0.1, 0.15) is 0 Å². The van der Waals surface area contributed by atoms with Crippen LogP contribution in [0, 0.1) is 6.92 Å². The van der Waals surface area contributed by atoms with E-state index in [1.54, 1.807) is 61.5 Å². The molecule has 2 aliphatic rings. The number of hydrogen-bond acceptors (Lipinski definition) is 5. The molecule has 0 radical (unpaired) electrons. The van der Waals surface area contributed by atoms with Crippen molar-refractivity contribution in [1.29, 1.82) is 0 Å². The van der Waals surface area contributed by atoms with Crippen LogP contribution in [0.5, 0.6) is 0 Å². The number of halogens is 1. The number of rotatable bonds is 7. The first-order valence-electron chi connectivity index (χ1n) is 14.2. The number of hydroxylamine groups is 1. The molecule has 1 heterocycles. The van der Waals surface area contributed by atoms with Crippen LogP contribution in [0.1, 0.15) is 80.6 Å². The van der Waals surface area contributed by atoms with Crippen molar-refractivity contribution in [2.24, 2.45) is 0 Å². The molecule has 3 amide bonds. The van der Waals surface area contributed by atoms with E-state index in [1.807, 2.05) is 31.2 Å². The highest BCUT2D eigenvalue weighted by molar-refractivity contribution is 6.30. The fraction of sp³-hybridized carbons (Fsp3) is 0.364. The molecule has 1 fully saturated rings. The van der Waals surface area contributed by atoms with Gasteiger partial charge in [-0.15, -0.1) is 0 Å². The maximum atomic E-state index is 14.1. The SMILES string of the molecule is Cc1cc(Cl)ccc1[C@H]1[C@H](C(=O)NOCc2ccc(C(=O)N(C)C)cc2)c2ccccc2C(=O)N1[C@H]1CCCC[C@@H]1O. The van der Waals surface area contributed by atoms with Crippen molar-refractivity contribution in [1.82, 2.24) is 15.3 Å². The van der Waals surface area contributed by atoms with Crippen LogP contribution in [-0.4, -0.2) is 58.9 Å². The summed E-state index contributed by atoms with van der Waals surface area (Å²) in [5.41, 5.74) is 6.67. The number of carbonyl (C=O) groups is 3. The Kier molecular flexibility index (Phi) is 8.96. The molecule has 1 saturated carbocycles. The summed E-state index contributed by atoms with van der Waals surface area (Å²) in [6, 6.07) is 18.5. The summed E-state index contributed by atoms with van der Waals surface area (Å²) in [6.07, 6.45) is 2.34. The number of aliphatic hydroxyl groups excluding tert-OH is 1. The number of fused-ring (bicyclic) bond motifs is 1. The van der Waals surface area contributed by atoms with E-state index in [0.717, 1.165) is 29.5 Å². The molecule has 9 heteroatoms. The summed E-state index contributed by atoms with van der Waals surface area (Å²) in [5, 5.41) is 11.6. The Morgan fingerprint density at radius 1 is 1.02 bits per heavy atom. The zero-order valence-corrected chi connectivity index (χ0v) is 24.8. The van der Waals surface area contributed by atoms with Crippen molar-refractivity contribution >= 4 is 29.3 Å². The van der Waals surface area contributed by atoms with Crippen LogP contribution in [0.15, 0.2) is 66.7 Å². The first-order chi connectivity index (χ1) is 20.2.